The second-order valence-electron chi connectivity index (χ2n) is 6.33. The number of carbonyl (C=O) groups is 2. The van der Waals surface area contributed by atoms with Crippen molar-refractivity contribution in [1.29, 1.82) is 0 Å². The van der Waals surface area contributed by atoms with Gasteiger partial charge < -0.3 is 15.2 Å². The average Bonchev–Trinajstić information content (AvgIpc) is 3.04. The van der Waals surface area contributed by atoms with E-state index in [1.165, 1.54) is 28.8 Å². The number of amides is 2. The second kappa shape index (κ2) is 7.32. The number of rotatable bonds is 4. The lowest BCUT2D eigenvalue weighted by molar-refractivity contribution is 0.0688. The molecule has 2 aromatic rings. The number of aromatic nitrogens is 1. The van der Waals surface area contributed by atoms with Gasteiger partial charge in [0.25, 0.3) is 11.8 Å². The molecular weight excluding hydrogens is 394 g/mol. The maximum Gasteiger partial charge on any atom is 0.265 e. The Hall–Kier alpha value is -2.79. The molecule has 1 aromatic carbocycles. The molecular formula is C17H18F2N4O4S. The van der Waals surface area contributed by atoms with Gasteiger partial charge in [-0.3, -0.25) is 9.59 Å². The zero-order valence-electron chi connectivity index (χ0n) is 14.9. The molecule has 1 fully saturated rings. The summed E-state index contributed by atoms with van der Waals surface area (Å²) >= 11 is 0. The van der Waals surface area contributed by atoms with E-state index in [-0.39, 0.29) is 36.8 Å². The van der Waals surface area contributed by atoms with Crippen LogP contribution in [0.5, 0.6) is 0 Å². The number of sulfonamides is 1. The Bertz CT molecular complexity index is 1020. The third kappa shape index (κ3) is 3.50. The van der Waals surface area contributed by atoms with Crippen molar-refractivity contribution in [3.8, 4) is 0 Å². The van der Waals surface area contributed by atoms with Gasteiger partial charge in [0.05, 0.1) is 0 Å². The van der Waals surface area contributed by atoms with Crippen molar-refractivity contribution in [2.45, 2.75) is 4.90 Å². The topological polar surface area (TPSA) is 106 Å². The van der Waals surface area contributed by atoms with Crippen LogP contribution in [0.1, 0.15) is 20.8 Å². The van der Waals surface area contributed by atoms with E-state index >= 15 is 0 Å². The third-order valence-corrected chi connectivity index (χ3v) is 6.44. The van der Waals surface area contributed by atoms with Crippen molar-refractivity contribution in [3.63, 3.8) is 0 Å². The molecule has 0 spiro atoms. The van der Waals surface area contributed by atoms with Gasteiger partial charge in [-0.25, -0.2) is 17.2 Å². The van der Waals surface area contributed by atoms with Crippen LogP contribution < -0.4 is 5.73 Å². The summed E-state index contributed by atoms with van der Waals surface area (Å²) in [6, 6.07) is 4.32. The molecule has 0 saturated carbocycles. The number of primary amides is 1. The molecule has 11 heteroatoms. The smallest absolute Gasteiger partial charge is 0.265 e. The number of nitrogens with two attached hydrogens (primary N) is 1. The first-order valence-corrected chi connectivity index (χ1v) is 9.76. The van der Waals surface area contributed by atoms with E-state index in [1.807, 2.05) is 0 Å². The number of hydrogen-bond donors (Lipinski definition) is 1. The molecule has 3 rings (SSSR count). The van der Waals surface area contributed by atoms with Crippen LogP contribution >= 0.6 is 0 Å². The Kier molecular flexibility index (Phi) is 5.22. The summed E-state index contributed by atoms with van der Waals surface area (Å²) in [7, 11) is -2.41. The number of nitrogens with zero attached hydrogens (tertiary/aromatic N) is 3. The third-order valence-electron chi connectivity index (χ3n) is 4.57. The van der Waals surface area contributed by atoms with Gasteiger partial charge in [-0.15, -0.1) is 0 Å². The first-order chi connectivity index (χ1) is 13.1. The molecule has 1 aliphatic heterocycles. The standard InChI is InChI=1S/C17H18F2N4O4S/c1-21-10-11(9-14(21)16(20)24)28(26,27)23-7-5-22(6-8-23)17(25)15-12(18)3-2-4-13(15)19/h2-4,9-10H,5-8H2,1H3,(H2,20,24). The lowest BCUT2D eigenvalue weighted by atomic mass is 10.1. The number of hydrogen-bond acceptors (Lipinski definition) is 4. The molecule has 1 saturated heterocycles. The van der Waals surface area contributed by atoms with Crippen LogP contribution in [0.25, 0.3) is 0 Å². The van der Waals surface area contributed by atoms with Gasteiger partial charge in [-0.1, -0.05) is 6.07 Å². The predicted molar refractivity (Wildman–Crippen MR) is 95.0 cm³/mol. The summed E-state index contributed by atoms with van der Waals surface area (Å²) < 4.78 is 55.6. The van der Waals surface area contributed by atoms with Crippen molar-refractivity contribution in [2.75, 3.05) is 26.2 Å². The SMILES string of the molecule is Cn1cc(S(=O)(=O)N2CCN(C(=O)c3c(F)cccc3F)CC2)cc1C(N)=O. The summed E-state index contributed by atoms with van der Waals surface area (Å²) in [5.74, 6) is -3.53. The van der Waals surface area contributed by atoms with Crippen LogP contribution in [-0.4, -0.2) is 60.2 Å². The molecule has 0 unspecified atom stereocenters. The van der Waals surface area contributed by atoms with E-state index in [2.05, 4.69) is 0 Å². The van der Waals surface area contributed by atoms with Crippen LogP contribution in [0.4, 0.5) is 8.78 Å². The van der Waals surface area contributed by atoms with Gasteiger partial charge in [0.1, 0.15) is 27.8 Å². The Morgan fingerprint density at radius 3 is 2.14 bits per heavy atom. The highest BCUT2D eigenvalue weighted by molar-refractivity contribution is 7.89. The van der Waals surface area contributed by atoms with Gasteiger partial charge in [-0.05, 0) is 18.2 Å². The van der Waals surface area contributed by atoms with Crippen molar-refractivity contribution in [3.05, 3.63) is 53.4 Å². The van der Waals surface area contributed by atoms with Crippen LogP contribution in [0.2, 0.25) is 0 Å². The van der Waals surface area contributed by atoms with E-state index < -0.39 is 39.0 Å². The molecule has 8 nitrogen and oxygen atoms in total. The fraction of sp³-hybridized carbons (Fsp3) is 0.294. The van der Waals surface area contributed by atoms with Gasteiger partial charge in [0.15, 0.2) is 0 Å². The first kappa shape index (κ1) is 20.0. The normalized spacial score (nSPS) is 15.6. The molecule has 1 aromatic heterocycles. The Morgan fingerprint density at radius 2 is 1.64 bits per heavy atom. The van der Waals surface area contributed by atoms with Crippen LogP contribution in [0, 0.1) is 11.6 Å². The fourth-order valence-electron chi connectivity index (χ4n) is 3.06. The molecule has 0 atom stereocenters. The largest absolute Gasteiger partial charge is 0.364 e. The molecule has 1 aliphatic rings. The minimum atomic E-state index is -3.91. The highest BCUT2D eigenvalue weighted by Crippen LogP contribution is 2.21. The summed E-state index contributed by atoms with van der Waals surface area (Å²) in [6.07, 6.45) is 1.28. The second-order valence-corrected chi connectivity index (χ2v) is 8.27. The highest BCUT2D eigenvalue weighted by atomic mass is 32.2. The number of aryl methyl sites for hydroxylation is 1. The predicted octanol–water partition coefficient (Wildman–Crippen LogP) is 0.549. The summed E-state index contributed by atoms with van der Waals surface area (Å²) in [6.45, 7) is -0.154. The minimum Gasteiger partial charge on any atom is -0.364 e. The minimum absolute atomic E-state index is 0.0264. The van der Waals surface area contributed by atoms with Crippen LogP contribution in [0.15, 0.2) is 35.4 Å². The Labute approximate surface area is 160 Å². The summed E-state index contributed by atoms with van der Waals surface area (Å²) in [4.78, 5) is 24.9. The molecule has 2 N–H and O–H groups in total. The van der Waals surface area contributed by atoms with Crippen molar-refractivity contribution >= 4 is 21.8 Å². The van der Waals surface area contributed by atoms with Crippen molar-refractivity contribution in [2.24, 2.45) is 12.8 Å². The average molecular weight is 412 g/mol. The van der Waals surface area contributed by atoms with Gasteiger partial charge >= 0.3 is 0 Å². The first-order valence-electron chi connectivity index (χ1n) is 8.32. The maximum absolute atomic E-state index is 13.8. The van der Waals surface area contributed by atoms with Gasteiger partial charge in [0, 0.05) is 39.4 Å². The summed E-state index contributed by atoms with van der Waals surface area (Å²) in [5.41, 5.74) is 4.59. The zero-order valence-corrected chi connectivity index (χ0v) is 15.7. The molecule has 0 radical (unpaired) electrons. The zero-order chi connectivity index (χ0) is 20.6. The van der Waals surface area contributed by atoms with E-state index in [9.17, 15) is 26.8 Å². The fourth-order valence-corrected chi connectivity index (χ4v) is 4.56. The monoisotopic (exact) mass is 412 g/mol. The van der Waals surface area contributed by atoms with Crippen molar-refractivity contribution < 1.29 is 26.8 Å². The molecule has 2 heterocycles. The van der Waals surface area contributed by atoms with Crippen molar-refractivity contribution in [1.82, 2.24) is 13.8 Å². The molecule has 0 bridgehead atoms. The number of benzene rings is 1. The molecule has 0 aliphatic carbocycles. The lowest BCUT2D eigenvalue weighted by Crippen LogP contribution is -2.50. The van der Waals surface area contributed by atoms with Gasteiger partial charge in [-0.2, -0.15) is 4.31 Å². The number of carbonyl (C=O) groups excluding carboxylic acids is 2. The molecule has 2 amide bonds. The summed E-state index contributed by atoms with van der Waals surface area (Å²) in [5, 5.41) is 0. The molecule has 28 heavy (non-hydrogen) atoms. The van der Waals surface area contributed by atoms with E-state index in [0.717, 1.165) is 22.5 Å². The maximum atomic E-state index is 13.8. The number of halogens is 2. The van der Waals surface area contributed by atoms with E-state index in [1.54, 1.807) is 0 Å². The molecule has 150 valence electrons. The van der Waals surface area contributed by atoms with Crippen LogP contribution in [-0.2, 0) is 17.1 Å². The Balaban J connectivity index is 1.75. The van der Waals surface area contributed by atoms with E-state index in [0.29, 0.717) is 0 Å². The lowest BCUT2D eigenvalue weighted by Gasteiger charge is -2.33. The number of piperazine rings is 1. The van der Waals surface area contributed by atoms with Crippen LogP contribution in [0.3, 0.4) is 0 Å². The van der Waals surface area contributed by atoms with Gasteiger partial charge in [0.2, 0.25) is 10.0 Å². The van der Waals surface area contributed by atoms with E-state index in [4.69, 9.17) is 5.73 Å². The quantitative estimate of drug-likeness (QED) is 0.792. The highest BCUT2D eigenvalue weighted by Gasteiger charge is 2.33. The Morgan fingerprint density at radius 1 is 1.07 bits per heavy atom.